The number of nitrogens with zero attached hydrogens (tertiary/aromatic N) is 1. The van der Waals surface area contributed by atoms with Gasteiger partial charge in [0.05, 0.1) is 29.1 Å². The second-order valence-electron chi connectivity index (χ2n) is 5.07. The Hall–Kier alpha value is -2.92. The Bertz CT molecular complexity index is 876. The number of halogens is 1. The van der Waals surface area contributed by atoms with Crippen molar-refractivity contribution < 1.29 is 14.6 Å². The maximum Gasteiger partial charge on any atom is 0.259 e. The van der Waals surface area contributed by atoms with E-state index in [9.17, 15) is 9.90 Å². The molecule has 0 aliphatic heterocycles. The summed E-state index contributed by atoms with van der Waals surface area (Å²) in [5, 5.41) is 12.8. The first-order valence-corrected chi connectivity index (χ1v) is 7.58. The first-order chi connectivity index (χ1) is 11.6. The predicted octanol–water partition coefficient (Wildman–Crippen LogP) is 4.10. The molecule has 2 N–H and O–H groups in total. The zero-order chi connectivity index (χ0) is 17.1. The number of benzene rings is 2. The minimum atomic E-state index is -0.422. The highest BCUT2D eigenvalue weighted by molar-refractivity contribution is 6.33. The van der Waals surface area contributed by atoms with E-state index in [1.807, 2.05) is 29.1 Å². The molecule has 1 aromatic heterocycles. The Kier molecular flexibility index (Phi) is 4.44. The van der Waals surface area contributed by atoms with E-state index in [1.54, 1.807) is 30.3 Å². The number of carbonyl (C=O) groups excluding carboxylic acids is 1. The third-order valence-corrected chi connectivity index (χ3v) is 3.85. The molecular weight excluding hydrogens is 328 g/mol. The average Bonchev–Trinajstić information content (AvgIpc) is 3.11. The van der Waals surface area contributed by atoms with E-state index in [-0.39, 0.29) is 11.3 Å². The van der Waals surface area contributed by atoms with Crippen LogP contribution in [0.4, 0.5) is 5.69 Å². The smallest absolute Gasteiger partial charge is 0.259 e. The third kappa shape index (κ3) is 3.07. The molecule has 0 saturated carbocycles. The molecule has 24 heavy (non-hydrogen) atoms. The minimum Gasteiger partial charge on any atom is -0.506 e. The number of rotatable bonds is 4. The molecule has 6 heteroatoms. The first kappa shape index (κ1) is 16.0. The molecule has 1 heterocycles. The van der Waals surface area contributed by atoms with Gasteiger partial charge in [0.1, 0.15) is 11.5 Å². The highest BCUT2D eigenvalue weighted by Crippen LogP contribution is 2.31. The van der Waals surface area contributed by atoms with Crippen molar-refractivity contribution in [3.63, 3.8) is 0 Å². The van der Waals surface area contributed by atoms with Crippen LogP contribution in [0.15, 0.2) is 60.9 Å². The molecular formula is C18H15ClN2O3. The number of carbonyl (C=O) groups is 1. The van der Waals surface area contributed by atoms with Crippen LogP contribution in [-0.2, 0) is 0 Å². The van der Waals surface area contributed by atoms with Crippen molar-refractivity contribution in [3.05, 3.63) is 71.5 Å². The molecule has 1 amide bonds. The van der Waals surface area contributed by atoms with Gasteiger partial charge >= 0.3 is 0 Å². The molecule has 0 unspecified atom stereocenters. The Morgan fingerprint density at radius 1 is 1.17 bits per heavy atom. The number of amides is 1. The molecule has 3 rings (SSSR count). The quantitative estimate of drug-likeness (QED) is 0.702. The van der Waals surface area contributed by atoms with Gasteiger partial charge in [0, 0.05) is 18.5 Å². The highest BCUT2D eigenvalue weighted by Gasteiger charge is 2.17. The van der Waals surface area contributed by atoms with Crippen LogP contribution in [0.2, 0.25) is 5.02 Å². The van der Waals surface area contributed by atoms with Gasteiger partial charge in [-0.2, -0.15) is 0 Å². The maximum atomic E-state index is 12.5. The second kappa shape index (κ2) is 6.68. The van der Waals surface area contributed by atoms with Crippen molar-refractivity contribution in [2.24, 2.45) is 0 Å². The lowest BCUT2D eigenvalue weighted by atomic mass is 10.1. The van der Waals surface area contributed by atoms with Crippen LogP contribution in [0, 0.1) is 0 Å². The topological polar surface area (TPSA) is 63.5 Å². The van der Waals surface area contributed by atoms with Crippen LogP contribution in [0.5, 0.6) is 11.5 Å². The van der Waals surface area contributed by atoms with E-state index < -0.39 is 5.91 Å². The number of para-hydroxylation sites is 2. The molecule has 0 aliphatic carbocycles. The number of aromatic hydroxyl groups is 1. The van der Waals surface area contributed by atoms with Crippen molar-refractivity contribution in [2.45, 2.75) is 0 Å². The van der Waals surface area contributed by atoms with Crippen molar-refractivity contribution in [3.8, 4) is 17.2 Å². The molecule has 0 radical (unpaired) electrons. The second-order valence-corrected chi connectivity index (χ2v) is 5.47. The zero-order valence-electron chi connectivity index (χ0n) is 12.9. The summed E-state index contributed by atoms with van der Waals surface area (Å²) < 4.78 is 7.16. The van der Waals surface area contributed by atoms with Crippen LogP contribution < -0.4 is 10.1 Å². The van der Waals surface area contributed by atoms with Gasteiger partial charge in [-0.15, -0.1) is 0 Å². The molecule has 0 bridgehead atoms. The van der Waals surface area contributed by atoms with Gasteiger partial charge in [-0.05, 0) is 30.3 Å². The van der Waals surface area contributed by atoms with Gasteiger partial charge in [-0.25, -0.2) is 0 Å². The number of hydrogen-bond acceptors (Lipinski definition) is 3. The van der Waals surface area contributed by atoms with E-state index in [1.165, 1.54) is 13.2 Å². The van der Waals surface area contributed by atoms with Crippen molar-refractivity contribution in [1.82, 2.24) is 4.57 Å². The van der Waals surface area contributed by atoms with E-state index in [0.29, 0.717) is 22.1 Å². The summed E-state index contributed by atoms with van der Waals surface area (Å²) in [6, 6.07) is 13.5. The number of aromatic nitrogens is 1. The van der Waals surface area contributed by atoms with E-state index in [4.69, 9.17) is 16.3 Å². The monoisotopic (exact) mass is 342 g/mol. The lowest BCUT2D eigenvalue weighted by Crippen LogP contribution is -2.14. The van der Waals surface area contributed by atoms with Gasteiger partial charge in [0.15, 0.2) is 0 Å². The minimum absolute atomic E-state index is 0.0140. The number of phenols is 1. The molecule has 0 atom stereocenters. The van der Waals surface area contributed by atoms with Gasteiger partial charge < -0.3 is 19.7 Å². The van der Waals surface area contributed by atoms with E-state index in [0.717, 1.165) is 0 Å². The summed E-state index contributed by atoms with van der Waals surface area (Å²) in [5.74, 6) is -0.0507. The number of phenolic OH excluding ortho intramolecular Hbond substituents is 1. The lowest BCUT2D eigenvalue weighted by Gasteiger charge is -2.14. The van der Waals surface area contributed by atoms with Gasteiger partial charge in [0.2, 0.25) is 0 Å². The molecule has 5 nitrogen and oxygen atoms in total. The summed E-state index contributed by atoms with van der Waals surface area (Å²) in [4.78, 5) is 12.5. The number of methoxy groups -OCH3 is 1. The van der Waals surface area contributed by atoms with Gasteiger partial charge in [-0.1, -0.05) is 23.7 Å². The fourth-order valence-corrected chi connectivity index (χ4v) is 2.61. The Morgan fingerprint density at radius 3 is 2.54 bits per heavy atom. The number of nitrogens with one attached hydrogen (secondary N) is 1. The molecule has 0 aliphatic rings. The fourth-order valence-electron chi connectivity index (χ4n) is 2.35. The number of ether oxygens (including phenoxy) is 1. The van der Waals surface area contributed by atoms with Crippen LogP contribution >= 0.6 is 11.6 Å². The maximum absolute atomic E-state index is 12.5. The van der Waals surface area contributed by atoms with Gasteiger partial charge in [-0.3, -0.25) is 4.79 Å². The van der Waals surface area contributed by atoms with Crippen LogP contribution in [0.1, 0.15) is 10.4 Å². The summed E-state index contributed by atoms with van der Waals surface area (Å²) in [6.07, 6.45) is 3.70. The highest BCUT2D eigenvalue weighted by atomic mass is 35.5. The third-order valence-electron chi connectivity index (χ3n) is 3.55. The summed E-state index contributed by atoms with van der Waals surface area (Å²) in [6.45, 7) is 0. The summed E-state index contributed by atoms with van der Waals surface area (Å²) >= 11 is 6.32. The number of anilines is 1. The SMILES string of the molecule is COc1cc(-n2cccc2)c(Cl)cc1C(=O)Nc1ccccc1O. The molecule has 122 valence electrons. The van der Waals surface area contributed by atoms with Crippen LogP contribution in [-0.4, -0.2) is 22.7 Å². The van der Waals surface area contributed by atoms with Crippen molar-refractivity contribution in [2.75, 3.05) is 12.4 Å². The van der Waals surface area contributed by atoms with Crippen molar-refractivity contribution >= 4 is 23.2 Å². The Morgan fingerprint density at radius 2 is 1.88 bits per heavy atom. The van der Waals surface area contributed by atoms with Crippen LogP contribution in [0.25, 0.3) is 5.69 Å². The summed E-state index contributed by atoms with van der Waals surface area (Å²) in [7, 11) is 1.49. The standard InChI is InChI=1S/C18H15ClN2O3/c1-24-17-11-15(21-8-4-5-9-21)13(19)10-12(17)18(23)20-14-6-2-3-7-16(14)22/h2-11,22H,1H3,(H,20,23). The predicted molar refractivity (Wildman–Crippen MR) is 93.4 cm³/mol. The number of hydrogen-bond donors (Lipinski definition) is 2. The van der Waals surface area contributed by atoms with Crippen molar-refractivity contribution in [1.29, 1.82) is 0 Å². The molecule has 0 saturated heterocycles. The Labute approximate surface area is 144 Å². The Balaban J connectivity index is 1.97. The zero-order valence-corrected chi connectivity index (χ0v) is 13.6. The van der Waals surface area contributed by atoms with E-state index >= 15 is 0 Å². The molecule has 3 aromatic rings. The molecule has 0 spiro atoms. The molecule has 2 aromatic carbocycles. The lowest BCUT2D eigenvalue weighted by molar-refractivity contribution is 0.102. The molecule has 0 fully saturated rings. The summed E-state index contributed by atoms with van der Waals surface area (Å²) in [5.41, 5.74) is 1.30. The average molecular weight is 343 g/mol. The normalized spacial score (nSPS) is 10.4. The fraction of sp³-hybridized carbons (Fsp3) is 0.0556. The van der Waals surface area contributed by atoms with Crippen LogP contribution in [0.3, 0.4) is 0 Å². The van der Waals surface area contributed by atoms with E-state index in [2.05, 4.69) is 5.32 Å². The van der Waals surface area contributed by atoms with Gasteiger partial charge in [0.25, 0.3) is 5.91 Å². The largest absolute Gasteiger partial charge is 0.506 e. The first-order valence-electron chi connectivity index (χ1n) is 7.20.